The molecule has 20 nitrogen and oxygen atoms in total. The summed E-state index contributed by atoms with van der Waals surface area (Å²) in [7, 11) is -13.1. The average Bonchev–Trinajstić information content (AvgIpc) is 3.26. The number of ether oxygens (including phenoxy) is 2. The summed E-state index contributed by atoms with van der Waals surface area (Å²) in [5, 5.41) is 30.0. The number of nitrogen functional groups attached to an aromatic ring is 1. The zero-order valence-electron chi connectivity index (χ0n) is 37.9. The number of benzene rings is 6. The molecule has 0 unspecified atom stereocenters. The molecule has 0 bridgehead atoms. The molecule has 0 atom stereocenters. The van der Waals surface area contributed by atoms with Gasteiger partial charge in [0.15, 0.2) is 0 Å². The second kappa shape index (κ2) is 21.5. The number of nitrogens with two attached hydrogens (primary N) is 1. The molecule has 1 amide bonds. The zero-order valence-corrected chi connectivity index (χ0v) is 40.4. The van der Waals surface area contributed by atoms with Gasteiger partial charge in [0.05, 0.1) is 58.1 Å². The predicted molar refractivity (Wildman–Crippen MR) is 261 cm³/mol. The van der Waals surface area contributed by atoms with Gasteiger partial charge in [-0.25, -0.2) is 0 Å². The van der Waals surface area contributed by atoms with Gasteiger partial charge < -0.3 is 20.5 Å². The highest BCUT2D eigenvalue weighted by Crippen LogP contribution is 2.39. The summed E-state index contributed by atoms with van der Waals surface area (Å²) >= 11 is 0. The first kappa shape index (κ1) is 51.4. The molecule has 6 N–H and O–H groups in total. The number of rotatable bonds is 19. The lowest BCUT2D eigenvalue weighted by Gasteiger charge is -2.13. The number of amides is 1. The lowest BCUT2D eigenvalue weighted by atomic mass is 10.1. The van der Waals surface area contributed by atoms with Crippen LogP contribution in [-0.4, -0.2) is 69.5 Å². The smallest absolute Gasteiger partial charge is 0.294 e. The minimum Gasteiger partial charge on any atom is -0.493 e. The molecule has 6 aromatic rings. The first-order chi connectivity index (χ1) is 32.4. The van der Waals surface area contributed by atoms with E-state index in [9.17, 15) is 39.2 Å². The topological polar surface area (TPSA) is 311 Å². The van der Waals surface area contributed by atoms with Gasteiger partial charge in [0.25, 0.3) is 36.3 Å². The molecule has 0 radical (unpaired) electrons. The molecule has 0 saturated heterocycles. The Labute approximate surface area is 398 Å². The Balaban J connectivity index is 1.18. The van der Waals surface area contributed by atoms with E-state index < -0.39 is 52.7 Å². The van der Waals surface area contributed by atoms with Crippen LogP contribution in [0.4, 0.5) is 45.5 Å². The third-order valence-corrected chi connectivity index (χ3v) is 12.8. The summed E-state index contributed by atoms with van der Waals surface area (Å²) in [5.74, 6) is -1.37. The van der Waals surface area contributed by atoms with E-state index in [-0.39, 0.29) is 54.2 Å². The SMILES string of the molecule is Cc1cc(N=Nc2cc(C)c(N=Nc3cc(C)c(N=Nc4ccc(C(=O)Nc5ccc6c(OCCCS(=O)(=O)O)cc(S(=O)(=O)O)cc6c5)cc4)cc3OCCCS(=O)(=O)O)cc2C)c(C)cc1N. The van der Waals surface area contributed by atoms with Crippen LogP contribution in [0.1, 0.15) is 51.0 Å². The fourth-order valence-electron chi connectivity index (χ4n) is 6.61. The van der Waals surface area contributed by atoms with E-state index in [0.717, 1.165) is 28.3 Å². The maximum absolute atomic E-state index is 13.3. The van der Waals surface area contributed by atoms with Gasteiger partial charge in [-0.1, -0.05) is 0 Å². The van der Waals surface area contributed by atoms with E-state index in [4.69, 9.17) is 19.8 Å². The number of azo groups is 3. The van der Waals surface area contributed by atoms with Crippen LogP contribution in [0, 0.1) is 34.6 Å². The zero-order chi connectivity index (χ0) is 50.3. The van der Waals surface area contributed by atoms with Gasteiger partial charge in [0.2, 0.25) is 0 Å². The van der Waals surface area contributed by atoms with E-state index in [2.05, 4.69) is 36.0 Å². The van der Waals surface area contributed by atoms with E-state index in [1.165, 1.54) is 24.3 Å². The van der Waals surface area contributed by atoms with Crippen molar-refractivity contribution in [1.82, 2.24) is 0 Å². The molecule has 0 aliphatic rings. The maximum atomic E-state index is 13.3. The summed E-state index contributed by atoms with van der Waals surface area (Å²) in [6, 6.07) is 23.7. The number of nitrogens with one attached hydrogen (secondary N) is 1. The highest BCUT2D eigenvalue weighted by molar-refractivity contribution is 7.86. The van der Waals surface area contributed by atoms with Gasteiger partial charge in [-0.15, -0.1) is 5.11 Å². The molecule has 6 aromatic carbocycles. The highest BCUT2D eigenvalue weighted by atomic mass is 32.2. The van der Waals surface area contributed by atoms with Crippen molar-refractivity contribution in [2.45, 2.75) is 52.4 Å². The first-order valence-corrected chi connectivity index (χ1v) is 25.6. The number of nitrogens with zero attached hydrogens (tertiary/aromatic N) is 6. The van der Waals surface area contributed by atoms with Gasteiger partial charge in [0.1, 0.15) is 17.2 Å². The molecule has 0 fully saturated rings. The Hall–Kier alpha value is -7.02. The predicted octanol–water partition coefficient (Wildman–Crippen LogP) is 11.0. The highest BCUT2D eigenvalue weighted by Gasteiger charge is 2.17. The quantitative estimate of drug-likeness (QED) is 0.0218. The molecule has 0 heterocycles. The van der Waals surface area contributed by atoms with Crippen molar-refractivity contribution in [3.8, 4) is 11.5 Å². The Morgan fingerprint density at radius 2 is 1.03 bits per heavy atom. The van der Waals surface area contributed by atoms with Gasteiger partial charge >= 0.3 is 0 Å². The monoisotopic (exact) mass is 1000 g/mol. The summed E-state index contributed by atoms with van der Waals surface area (Å²) in [4.78, 5) is 12.8. The number of aryl methyl sites for hydroxylation is 5. The Kier molecular flexibility index (Phi) is 16.0. The summed E-state index contributed by atoms with van der Waals surface area (Å²) in [5.41, 5.74) is 14.2. The normalized spacial score (nSPS) is 12.4. The lowest BCUT2D eigenvalue weighted by molar-refractivity contribution is 0.102. The largest absolute Gasteiger partial charge is 0.493 e. The van der Waals surface area contributed by atoms with Gasteiger partial charge in [-0.05, 0) is 160 Å². The number of fused-ring (bicyclic) bond motifs is 1. The van der Waals surface area contributed by atoms with Crippen LogP contribution in [0.5, 0.6) is 11.5 Å². The number of carbonyl (C=O) groups is 1. The molecule has 0 spiro atoms. The van der Waals surface area contributed by atoms with E-state index >= 15 is 0 Å². The van der Waals surface area contributed by atoms with Crippen molar-refractivity contribution in [2.24, 2.45) is 30.7 Å². The molecule has 0 saturated carbocycles. The van der Waals surface area contributed by atoms with Crippen LogP contribution >= 0.6 is 0 Å². The minimum absolute atomic E-state index is 0.0143. The first-order valence-electron chi connectivity index (χ1n) is 20.9. The lowest BCUT2D eigenvalue weighted by Crippen LogP contribution is -2.11. The number of hydrogen-bond acceptors (Lipinski definition) is 16. The van der Waals surface area contributed by atoms with E-state index in [1.807, 2.05) is 52.0 Å². The third-order valence-electron chi connectivity index (χ3n) is 10.4. The third kappa shape index (κ3) is 14.5. The van der Waals surface area contributed by atoms with Crippen molar-refractivity contribution in [3.63, 3.8) is 0 Å². The molecule has 23 heteroatoms. The van der Waals surface area contributed by atoms with Gasteiger partial charge in [-0.3, -0.25) is 18.5 Å². The molecule has 69 heavy (non-hydrogen) atoms. The Morgan fingerprint density at radius 1 is 0.551 bits per heavy atom. The molecule has 0 aliphatic carbocycles. The average molecular weight is 1000 g/mol. The molecule has 6 rings (SSSR count). The standard InChI is InChI=1S/C46H48N8O12S3/c1-27-19-39(28(2)18-38(27)47)51-52-40-20-30(4)41(21-29(40)3)53-54-43-22-31(5)42(26-45(43)66-15-7-17-68(59,60)61)50-49-34-10-8-32(9-11-34)46(55)48-35-12-13-37-33(23-35)24-36(69(62,63)64)25-44(37)65-14-6-16-67(56,57)58/h8-13,18-26H,6-7,14-17,47H2,1-5H3,(H,48,55)(H,56,57,58)(H,59,60,61)(H,62,63,64). The van der Waals surface area contributed by atoms with Gasteiger partial charge in [0, 0.05) is 34.5 Å². The van der Waals surface area contributed by atoms with Crippen LogP contribution in [0.2, 0.25) is 0 Å². The van der Waals surface area contributed by atoms with Crippen molar-refractivity contribution in [2.75, 3.05) is 35.8 Å². The molecule has 0 aliphatic heterocycles. The van der Waals surface area contributed by atoms with Crippen molar-refractivity contribution >= 4 is 92.5 Å². The van der Waals surface area contributed by atoms with Crippen molar-refractivity contribution in [3.05, 3.63) is 124 Å². The maximum Gasteiger partial charge on any atom is 0.294 e. The molecular weight excluding hydrogens is 953 g/mol. The number of anilines is 2. The van der Waals surface area contributed by atoms with E-state index in [1.54, 1.807) is 43.3 Å². The Morgan fingerprint density at radius 3 is 1.58 bits per heavy atom. The fraction of sp³-hybridized carbons (Fsp3) is 0.239. The summed E-state index contributed by atoms with van der Waals surface area (Å²) in [6.45, 7) is 9.06. The molecule has 362 valence electrons. The number of carbonyl (C=O) groups excluding carboxylic acids is 1. The Bertz CT molecular complexity index is 3380. The fourth-order valence-corrected chi connectivity index (χ4v) is 8.10. The van der Waals surface area contributed by atoms with Crippen molar-refractivity contribution in [1.29, 1.82) is 0 Å². The molecule has 0 aromatic heterocycles. The number of hydrogen-bond donors (Lipinski definition) is 5. The van der Waals surface area contributed by atoms with E-state index in [0.29, 0.717) is 50.8 Å². The van der Waals surface area contributed by atoms with Crippen LogP contribution in [0.15, 0.2) is 127 Å². The van der Waals surface area contributed by atoms with Crippen LogP contribution in [0.25, 0.3) is 10.8 Å². The van der Waals surface area contributed by atoms with Crippen molar-refractivity contribution < 1.29 is 53.2 Å². The summed E-state index contributed by atoms with van der Waals surface area (Å²) in [6.07, 6.45) is -0.106. The minimum atomic E-state index is -4.68. The second-order valence-corrected chi connectivity index (χ2v) is 20.5. The van der Waals surface area contributed by atoms with Crippen LogP contribution in [-0.2, 0) is 30.4 Å². The van der Waals surface area contributed by atoms with Crippen LogP contribution < -0.4 is 20.5 Å². The van der Waals surface area contributed by atoms with Crippen LogP contribution in [0.3, 0.4) is 0 Å². The molecular formula is C46H48N8O12S3. The second-order valence-electron chi connectivity index (χ2n) is 15.9. The van der Waals surface area contributed by atoms with Gasteiger partial charge in [-0.2, -0.15) is 50.8 Å². The summed E-state index contributed by atoms with van der Waals surface area (Å²) < 4.78 is 108.